The van der Waals surface area contributed by atoms with Gasteiger partial charge < -0.3 is 10.1 Å². The number of hydrogen-bond donors (Lipinski definition) is 1. The summed E-state index contributed by atoms with van der Waals surface area (Å²) in [5.74, 6) is 0.102. The van der Waals surface area contributed by atoms with E-state index in [1.807, 2.05) is 13.8 Å². The molecule has 0 unspecified atom stereocenters. The first-order valence-corrected chi connectivity index (χ1v) is 9.36. The fourth-order valence-corrected chi connectivity index (χ4v) is 3.08. The lowest BCUT2D eigenvalue weighted by molar-refractivity contribution is -0.116. The van der Waals surface area contributed by atoms with Gasteiger partial charge in [-0.15, -0.1) is 0 Å². The molecule has 0 spiro atoms. The molecule has 130 valence electrons. The Morgan fingerprint density at radius 3 is 2.48 bits per heavy atom. The second kappa shape index (κ2) is 7.99. The lowest BCUT2D eigenvalue weighted by Gasteiger charge is -2.21. The Morgan fingerprint density at radius 1 is 1.39 bits per heavy atom. The molecule has 0 atom stereocenters. The Bertz CT molecular complexity index is 674. The van der Waals surface area contributed by atoms with E-state index in [1.54, 1.807) is 19.1 Å². The van der Waals surface area contributed by atoms with Gasteiger partial charge in [-0.1, -0.05) is 25.4 Å². The number of nitrogens with one attached hydrogen (secondary N) is 1. The van der Waals surface area contributed by atoms with Crippen molar-refractivity contribution in [1.82, 2.24) is 4.31 Å². The Hall–Kier alpha value is -1.31. The van der Waals surface area contributed by atoms with Gasteiger partial charge in [0.2, 0.25) is 15.9 Å². The fraction of sp³-hybridized carbons (Fsp3) is 0.533. The SMILES string of the molecule is COc1cc(Cl)c(C)cc1NC(=O)CN(CC(C)C)S(C)(=O)=O. The molecule has 0 aliphatic carbocycles. The van der Waals surface area contributed by atoms with E-state index in [0.29, 0.717) is 16.5 Å². The van der Waals surface area contributed by atoms with Gasteiger partial charge in [0.15, 0.2) is 0 Å². The van der Waals surface area contributed by atoms with Crippen molar-refractivity contribution in [2.45, 2.75) is 20.8 Å². The van der Waals surface area contributed by atoms with Crippen LogP contribution in [-0.4, -0.2) is 45.1 Å². The summed E-state index contributed by atoms with van der Waals surface area (Å²) < 4.78 is 29.9. The van der Waals surface area contributed by atoms with Gasteiger partial charge in [-0.2, -0.15) is 4.31 Å². The molecule has 0 aromatic heterocycles. The first-order chi connectivity index (χ1) is 10.5. The van der Waals surface area contributed by atoms with Crippen molar-refractivity contribution in [3.8, 4) is 5.75 Å². The topological polar surface area (TPSA) is 75.7 Å². The van der Waals surface area contributed by atoms with Gasteiger partial charge in [0, 0.05) is 17.6 Å². The molecule has 1 rings (SSSR count). The summed E-state index contributed by atoms with van der Waals surface area (Å²) in [6, 6.07) is 3.29. The van der Waals surface area contributed by atoms with Crippen molar-refractivity contribution in [3.05, 3.63) is 22.7 Å². The van der Waals surface area contributed by atoms with Crippen molar-refractivity contribution in [2.75, 3.05) is 31.8 Å². The van der Waals surface area contributed by atoms with Crippen LogP contribution in [0.1, 0.15) is 19.4 Å². The second-order valence-corrected chi connectivity index (χ2v) is 8.19. The molecule has 0 bridgehead atoms. The van der Waals surface area contributed by atoms with Crippen molar-refractivity contribution in [3.63, 3.8) is 0 Å². The Labute approximate surface area is 142 Å². The normalized spacial score (nSPS) is 11.8. The van der Waals surface area contributed by atoms with E-state index in [1.165, 1.54) is 7.11 Å². The first-order valence-electron chi connectivity index (χ1n) is 7.13. The summed E-state index contributed by atoms with van der Waals surface area (Å²) in [6.45, 7) is 5.62. The summed E-state index contributed by atoms with van der Waals surface area (Å²) >= 11 is 6.02. The fourth-order valence-electron chi connectivity index (χ4n) is 2.00. The highest BCUT2D eigenvalue weighted by atomic mass is 35.5. The predicted molar refractivity (Wildman–Crippen MR) is 92.6 cm³/mol. The molecule has 23 heavy (non-hydrogen) atoms. The number of benzene rings is 1. The van der Waals surface area contributed by atoms with Crippen LogP contribution in [0.25, 0.3) is 0 Å². The molecule has 6 nitrogen and oxygen atoms in total. The average Bonchev–Trinajstić information content (AvgIpc) is 2.40. The molecule has 1 aromatic carbocycles. The van der Waals surface area contributed by atoms with Gasteiger partial charge in [0.1, 0.15) is 5.75 Å². The molecule has 1 amide bonds. The van der Waals surface area contributed by atoms with Gasteiger partial charge in [-0.05, 0) is 24.5 Å². The lowest BCUT2D eigenvalue weighted by Crippen LogP contribution is -2.39. The average molecular weight is 363 g/mol. The maximum atomic E-state index is 12.2. The molecule has 0 aliphatic rings. The van der Waals surface area contributed by atoms with Crippen LogP contribution in [0.5, 0.6) is 5.75 Å². The van der Waals surface area contributed by atoms with Crippen LogP contribution in [0, 0.1) is 12.8 Å². The number of anilines is 1. The van der Waals surface area contributed by atoms with Crippen molar-refractivity contribution < 1.29 is 17.9 Å². The summed E-state index contributed by atoms with van der Waals surface area (Å²) in [5.41, 5.74) is 1.24. The molecule has 0 fully saturated rings. The third kappa shape index (κ3) is 6.01. The Morgan fingerprint density at radius 2 is 2.00 bits per heavy atom. The smallest absolute Gasteiger partial charge is 0.239 e. The zero-order chi connectivity index (χ0) is 17.8. The molecule has 0 saturated carbocycles. The predicted octanol–water partition coefficient (Wildman–Crippen LogP) is 2.51. The molecule has 0 radical (unpaired) electrons. The van der Waals surface area contributed by atoms with Crippen LogP contribution in [0.15, 0.2) is 12.1 Å². The Balaban J connectivity index is 2.93. The highest BCUT2D eigenvalue weighted by Crippen LogP contribution is 2.30. The molecule has 8 heteroatoms. The van der Waals surface area contributed by atoms with E-state index in [9.17, 15) is 13.2 Å². The third-order valence-electron chi connectivity index (χ3n) is 3.11. The molecular weight excluding hydrogens is 340 g/mol. The van der Waals surface area contributed by atoms with Crippen LogP contribution in [0.4, 0.5) is 5.69 Å². The first kappa shape index (κ1) is 19.7. The minimum absolute atomic E-state index is 0.116. The van der Waals surface area contributed by atoms with Crippen LogP contribution in [0.3, 0.4) is 0 Å². The number of halogens is 1. The zero-order valence-electron chi connectivity index (χ0n) is 14.0. The summed E-state index contributed by atoms with van der Waals surface area (Å²) in [5, 5.41) is 3.20. The van der Waals surface area contributed by atoms with Crippen LogP contribution in [-0.2, 0) is 14.8 Å². The van der Waals surface area contributed by atoms with Gasteiger partial charge in [0.25, 0.3) is 0 Å². The number of aryl methyl sites for hydroxylation is 1. The van der Waals surface area contributed by atoms with Gasteiger partial charge >= 0.3 is 0 Å². The highest BCUT2D eigenvalue weighted by Gasteiger charge is 2.22. The molecule has 0 heterocycles. The van der Waals surface area contributed by atoms with Crippen molar-refractivity contribution >= 4 is 33.2 Å². The van der Waals surface area contributed by atoms with E-state index < -0.39 is 15.9 Å². The number of ether oxygens (including phenoxy) is 1. The van der Waals surface area contributed by atoms with E-state index >= 15 is 0 Å². The number of methoxy groups -OCH3 is 1. The maximum absolute atomic E-state index is 12.2. The van der Waals surface area contributed by atoms with Crippen molar-refractivity contribution in [1.29, 1.82) is 0 Å². The standard InChI is InChI=1S/C15H23ClN2O4S/c1-10(2)8-18(23(5,20)21)9-15(19)17-13-6-11(3)12(16)7-14(13)22-4/h6-7,10H,8-9H2,1-5H3,(H,17,19). The molecule has 0 aliphatic heterocycles. The number of carbonyl (C=O) groups excluding carboxylic acids is 1. The quantitative estimate of drug-likeness (QED) is 0.808. The van der Waals surface area contributed by atoms with Crippen LogP contribution < -0.4 is 10.1 Å². The van der Waals surface area contributed by atoms with Crippen LogP contribution >= 0.6 is 11.6 Å². The van der Waals surface area contributed by atoms with Gasteiger partial charge in [-0.25, -0.2) is 8.42 Å². The summed E-state index contributed by atoms with van der Waals surface area (Å²) in [6.07, 6.45) is 1.09. The largest absolute Gasteiger partial charge is 0.495 e. The number of amides is 1. The summed E-state index contributed by atoms with van der Waals surface area (Å²) in [4.78, 5) is 12.2. The lowest BCUT2D eigenvalue weighted by atomic mass is 10.2. The van der Waals surface area contributed by atoms with E-state index in [-0.39, 0.29) is 19.0 Å². The monoisotopic (exact) mass is 362 g/mol. The number of rotatable bonds is 7. The van der Waals surface area contributed by atoms with Crippen molar-refractivity contribution in [2.24, 2.45) is 5.92 Å². The summed E-state index contributed by atoms with van der Waals surface area (Å²) in [7, 11) is -1.99. The third-order valence-corrected chi connectivity index (χ3v) is 4.74. The molecular formula is C15H23ClN2O4S. The van der Waals surface area contributed by atoms with Gasteiger partial charge in [-0.3, -0.25) is 4.79 Å². The van der Waals surface area contributed by atoms with Gasteiger partial charge in [0.05, 0.1) is 25.6 Å². The van der Waals surface area contributed by atoms with Crippen LogP contribution in [0.2, 0.25) is 5.02 Å². The molecule has 1 N–H and O–H groups in total. The maximum Gasteiger partial charge on any atom is 0.239 e. The van der Waals surface area contributed by atoms with E-state index in [0.717, 1.165) is 16.1 Å². The minimum atomic E-state index is -3.46. The Kier molecular flexibility index (Phi) is 6.85. The number of hydrogen-bond acceptors (Lipinski definition) is 4. The number of sulfonamides is 1. The van der Waals surface area contributed by atoms with E-state index in [4.69, 9.17) is 16.3 Å². The van der Waals surface area contributed by atoms with E-state index in [2.05, 4.69) is 5.32 Å². The number of carbonyl (C=O) groups is 1. The zero-order valence-corrected chi connectivity index (χ0v) is 15.6. The molecule has 1 aromatic rings. The molecule has 0 saturated heterocycles. The minimum Gasteiger partial charge on any atom is -0.495 e. The second-order valence-electron chi connectivity index (χ2n) is 5.80. The number of nitrogens with zero attached hydrogens (tertiary/aromatic N) is 1. The highest BCUT2D eigenvalue weighted by molar-refractivity contribution is 7.88.